The minimum absolute atomic E-state index is 0.546. The van der Waals surface area contributed by atoms with E-state index in [2.05, 4.69) is 28.1 Å². The first kappa shape index (κ1) is 17.6. The number of rotatable bonds is 5. The summed E-state index contributed by atoms with van der Waals surface area (Å²) in [5.74, 6) is 1.47. The molecule has 0 unspecified atom stereocenters. The van der Waals surface area contributed by atoms with E-state index in [1.54, 1.807) is 26.5 Å². The molecular weight excluding hydrogens is 336 g/mol. The molecule has 2 aromatic rings. The van der Waals surface area contributed by atoms with E-state index in [1.165, 1.54) is 24.9 Å². The lowest BCUT2D eigenvalue weighted by Gasteiger charge is -2.29. The van der Waals surface area contributed by atoms with E-state index in [0.29, 0.717) is 10.8 Å². The summed E-state index contributed by atoms with van der Waals surface area (Å²) in [4.78, 5) is 6.92. The second kappa shape index (κ2) is 8.26. The highest BCUT2D eigenvalue weighted by atomic mass is 35.5. The summed E-state index contributed by atoms with van der Waals surface area (Å²) < 4.78 is 10.7. The quantitative estimate of drug-likeness (QED) is 0.697. The molecule has 1 aliphatic rings. The van der Waals surface area contributed by atoms with Gasteiger partial charge in [0.05, 0.1) is 24.9 Å². The van der Waals surface area contributed by atoms with Crippen molar-refractivity contribution >= 4 is 29.2 Å². The molecule has 0 radical (unpaired) electrons. The molecular formula is C20H23ClN2O2. The third-order valence-corrected chi connectivity index (χ3v) is 4.72. The van der Waals surface area contributed by atoms with Crippen molar-refractivity contribution in [2.75, 3.05) is 32.2 Å². The molecule has 0 bridgehead atoms. The second-order valence-corrected chi connectivity index (χ2v) is 6.46. The molecule has 1 saturated heterocycles. The van der Waals surface area contributed by atoms with Gasteiger partial charge in [-0.3, -0.25) is 4.99 Å². The zero-order valence-corrected chi connectivity index (χ0v) is 15.4. The van der Waals surface area contributed by atoms with Gasteiger partial charge in [0.25, 0.3) is 0 Å². The van der Waals surface area contributed by atoms with E-state index in [9.17, 15) is 0 Å². The number of ether oxygens (including phenoxy) is 2. The summed E-state index contributed by atoms with van der Waals surface area (Å²) in [6.07, 6.45) is 5.63. The molecule has 0 spiro atoms. The van der Waals surface area contributed by atoms with Gasteiger partial charge in [-0.25, -0.2) is 0 Å². The fourth-order valence-electron chi connectivity index (χ4n) is 3.03. The van der Waals surface area contributed by atoms with E-state index >= 15 is 0 Å². The minimum atomic E-state index is 0.546. The largest absolute Gasteiger partial charge is 0.496 e. The van der Waals surface area contributed by atoms with Crippen molar-refractivity contribution in [3.8, 4) is 11.5 Å². The summed E-state index contributed by atoms with van der Waals surface area (Å²) in [6.45, 7) is 2.22. The van der Waals surface area contributed by atoms with Gasteiger partial charge in [-0.2, -0.15) is 0 Å². The van der Waals surface area contributed by atoms with Gasteiger partial charge >= 0.3 is 0 Å². The summed E-state index contributed by atoms with van der Waals surface area (Å²) in [7, 11) is 3.29. The lowest BCUT2D eigenvalue weighted by Crippen LogP contribution is -2.29. The Kier molecular flexibility index (Phi) is 5.82. The molecule has 25 heavy (non-hydrogen) atoms. The predicted octanol–water partition coefficient (Wildman–Crippen LogP) is 5.10. The standard InChI is InChI=1S/C20H23ClN2O2/c1-24-19-9-7-16(12-18(19)21)22-14-15-6-8-17(13-20(15)25-2)23-10-4-3-5-11-23/h6-9,12-14H,3-5,10-11H2,1-2H3. The van der Waals surface area contributed by atoms with Crippen molar-refractivity contribution in [2.24, 2.45) is 4.99 Å². The molecule has 0 N–H and O–H groups in total. The smallest absolute Gasteiger partial charge is 0.137 e. The predicted molar refractivity (Wildman–Crippen MR) is 104 cm³/mol. The number of benzene rings is 2. The summed E-state index contributed by atoms with van der Waals surface area (Å²) in [6, 6.07) is 11.7. The lowest BCUT2D eigenvalue weighted by atomic mass is 10.1. The number of piperidine rings is 1. The van der Waals surface area contributed by atoms with Crippen molar-refractivity contribution in [1.29, 1.82) is 0 Å². The van der Waals surface area contributed by atoms with E-state index in [0.717, 1.165) is 30.1 Å². The highest BCUT2D eigenvalue weighted by Gasteiger charge is 2.12. The molecule has 1 heterocycles. The Bertz CT molecular complexity index is 755. The molecule has 3 rings (SSSR count). The number of methoxy groups -OCH3 is 2. The maximum Gasteiger partial charge on any atom is 0.137 e. The number of anilines is 1. The van der Waals surface area contributed by atoms with Gasteiger partial charge in [0, 0.05) is 36.6 Å². The van der Waals surface area contributed by atoms with Crippen LogP contribution in [0.1, 0.15) is 24.8 Å². The van der Waals surface area contributed by atoms with E-state index < -0.39 is 0 Å². The van der Waals surface area contributed by atoms with Crippen LogP contribution < -0.4 is 14.4 Å². The second-order valence-electron chi connectivity index (χ2n) is 6.05. The van der Waals surface area contributed by atoms with Crippen molar-refractivity contribution in [3.63, 3.8) is 0 Å². The lowest BCUT2D eigenvalue weighted by molar-refractivity contribution is 0.414. The third kappa shape index (κ3) is 4.26. The summed E-state index contributed by atoms with van der Waals surface area (Å²) >= 11 is 6.15. The molecule has 0 aromatic heterocycles. The van der Waals surface area contributed by atoms with Crippen LogP contribution >= 0.6 is 11.6 Å². The van der Waals surface area contributed by atoms with E-state index in [1.807, 2.05) is 12.1 Å². The van der Waals surface area contributed by atoms with Gasteiger partial charge in [0.1, 0.15) is 11.5 Å². The Morgan fingerprint density at radius 1 is 0.960 bits per heavy atom. The van der Waals surface area contributed by atoms with E-state index in [4.69, 9.17) is 21.1 Å². The fraction of sp³-hybridized carbons (Fsp3) is 0.350. The van der Waals surface area contributed by atoms with E-state index in [-0.39, 0.29) is 0 Å². The average molecular weight is 359 g/mol. The van der Waals surface area contributed by atoms with Crippen LogP contribution in [0, 0.1) is 0 Å². The maximum absolute atomic E-state index is 6.15. The Labute approximate surface area is 154 Å². The first-order valence-corrected chi connectivity index (χ1v) is 8.89. The van der Waals surface area contributed by atoms with Crippen molar-refractivity contribution in [3.05, 3.63) is 47.0 Å². The normalized spacial score (nSPS) is 14.8. The van der Waals surface area contributed by atoms with Crippen molar-refractivity contribution in [2.45, 2.75) is 19.3 Å². The van der Waals surface area contributed by atoms with Gasteiger partial charge in [0.2, 0.25) is 0 Å². The Morgan fingerprint density at radius 3 is 2.40 bits per heavy atom. The SMILES string of the molecule is COc1ccc(N=Cc2ccc(N3CCCCC3)cc2OC)cc1Cl. The van der Waals surface area contributed by atoms with Crippen LogP contribution in [0.15, 0.2) is 41.4 Å². The summed E-state index contributed by atoms with van der Waals surface area (Å²) in [5.41, 5.74) is 2.92. The van der Waals surface area contributed by atoms with Crippen molar-refractivity contribution in [1.82, 2.24) is 0 Å². The van der Waals surface area contributed by atoms with Crippen LogP contribution in [0.4, 0.5) is 11.4 Å². The number of halogens is 1. The Morgan fingerprint density at radius 2 is 1.72 bits per heavy atom. The molecule has 5 heteroatoms. The molecule has 4 nitrogen and oxygen atoms in total. The number of hydrogen-bond donors (Lipinski definition) is 0. The number of nitrogens with zero attached hydrogens (tertiary/aromatic N) is 2. The molecule has 0 saturated carbocycles. The van der Waals surface area contributed by atoms with Crippen LogP contribution in [-0.2, 0) is 0 Å². The van der Waals surface area contributed by atoms with Gasteiger partial charge in [-0.15, -0.1) is 0 Å². The van der Waals surface area contributed by atoms with Gasteiger partial charge < -0.3 is 14.4 Å². The zero-order chi connectivity index (χ0) is 17.6. The molecule has 1 aliphatic heterocycles. The molecule has 1 fully saturated rings. The first-order valence-electron chi connectivity index (χ1n) is 8.52. The molecule has 132 valence electrons. The van der Waals surface area contributed by atoms with Crippen LogP contribution in [0.5, 0.6) is 11.5 Å². The highest BCUT2D eigenvalue weighted by molar-refractivity contribution is 6.32. The molecule has 0 aliphatic carbocycles. The van der Waals surface area contributed by atoms with Crippen molar-refractivity contribution < 1.29 is 9.47 Å². The van der Waals surface area contributed by atoms with Crippen LogP contribution in [0.3, 0.4) is 0 Å². The van der Waals surface area contributed by atoms with Gasteiger partial charge in [-0.1, -0.05) is 11.6 Å². The fourth-order valence-corrected chi connectivity index (χ4v) is 3.29. The monoisotopic (exact) mass is 358 g/mol. The average Bonchev–Trinajstić information content (AvgIpc) is 2.67. The van der Waals surface area contributed by atoms with Crippen LogP contribution in [0.25, 0.3) is 0 Å². The molecule has 0 atom stereocenters. The van der Waals surface area contributed by atoms with Gasteiger partial charge in [0.15, 0.2) is 0 Å². The third-order valence-electron chi connectivity index (χ3n) is 4.43. The van der Waals surface area contributed by atoms with Crippen LogP contribution in [-0.4, -0.2) is 33.5 Å². The Hall–Kier alpha value is -2.20. The zero-order valence-electron chi connectivity index (χ0n) is 14.7. The molecule has 0 amide bonds. The van der Waals surface area contributed by atoms with Gasteiger partial charge in [-0.05, 0) is 49.6 Å². The summed E-state index contributed by atoms with van der Waals surface area (Å²) in [5, 5.41) is 0.546. The minimum Gasteiger partial charge on any atom is -0.496 e. The number of hydrogen-bond acceptors (Lipinski definition) is 4. The highest BCUT2D eigenvalue weighted by Crippen LogP contribution is 2.30. The Balaban J connectivity index is 1.80. The first-order chi connectivity index (χ1) is 12.2. The number of aliphatic imine (C=N–C) groups is 1. The molecule has 2 aromatic carbocycles. The van der Waals surface area contributed by atoms with Crippen LogP contribution in [0.2, 0.25) is 5.02 Å². The maximum atomic E-state index is 6.15. The topological polar surface area (TPSA) is 34.1 Å².